The first-order chi connectivity index (χ1) is 6.25. The van der Waals surface area contributed by atoms with E-state index in [2.05, 4.69) is 0 Å². The second-order valence-electron chi connectivity index (χ2n) is 2.85. The van der Waals surface area contributed by atoms with E-state index in [1.165, 1.54) is 39.8 Å². The van der Waals surface area contributed by atoms with Crippen molar-refractivity contribution in [2.24, 2.45) is 0 Å². The van der Waals surface area contributed by atoms with Crippen LogP contribution in [0.5, 0.6) is 0 Å². The molecule has 0 aromatic heterocycles. The molecule has 5 heteroatoms. The number of carbonyl (C=O) groups excluding carboxylic acids is 2. The molecular formula is C10H18O4Os+2. The third-order valence-electron chi connectivity index (χ3n) is 0.836. The Morgan fingerprint density at radius 2 is 1.00 bits per heavy atom. The average Bonchev–Trinajstić information content (AvgIpc) is 1.79. The quantitative estimate of drug-likeness (QED) is 0.428. The Morgan fingerprint density at radius 1 is 0.800 bits per heavy atom. The zero-order valence-corrected chi connectivity index (χ0v) is 11.8. The van der Waals surface area contributed by atoms with Crippen LogP contribution in [0.25, 0.3) is 0 Å². The molecule has 88 valence electrons. The smallest absolute Gasteiger partial charge is 0.316 e. The van der Waals surface area contributed by atoms with E-state index in [1.54, 1.807) is 0 Å². The molecule has 0 aliphatic carbocycles. The molecule has 0 heterocycles. The molecule has 0 amide bonds. The third-order valence-corrected chi connectivity index (χ3v) is 0.836. The van der Waals surface area contributed by atoms with E-state index in [0.717, 1.165) is 0 Å². The Hall–Kier alpha value is -0.944. The van der Waals surface area contributed by atoms with Crippen molar-refractivity contribution in [1.29, 1.82) is 0 Å². The van der Waals surface area contributed by atoms with E-state index in [4.69, 9.17) is 19.8 Å². The molecule has 0 saturated carbocycles. The van der Waals surface area contributed by atoms with Crippen LogP contribution >= 0.6 is 0 Å². The van der Waals surface area contributed by atoms with Crippen molar-refractivity contribution in [3.8, 4) is 0 Å². The summed E-state index contributed by atoms with van der Waals surface area (Å²) >= 11 is 0. The maximum Gasteiger partial charge on any atom is 0.316 e. The van der Waals surface area contributed by atoms with Gasteiger partial charge in [0.05, 0.1) is 37.5 Å². The molecule has 0 atom stereocenters. The van der Waals surface area contributed by atoms with E-state index < -0.39 is 0 Å². The standard InChI is InChI=1S/2C5H8O2.Os/c2*1-4(6)3-5(2)7;/h2*3,6H,1-2H3;/p+2/b2*4-3-;. The van der Waals surface area contributed by atoms with Crippen LogP contribution < -0.4 is 0 Å². The molecule has 0 unspecified atom stereocenters. The first-order valence-corrected chi connectivity index (χ1v) is 4.05. The van der Waals surface area contributed by atoms with Gasteiger partial charge < -0.3 is 10.2 Å². The largest absolute Gasteiger partial charge is 0.512 e. The minimum atomic E-state index is 0. The summed E-state index contributed by atoms with van der Waals surface area (Å²) in [5, 5.41) is 16.8. The number of rotatable bonds is 2. The van der Waals surface area contributed by atoms with Gasteiger partial charge in [-0.05, 0) is 13.8 Å². The van der Waals surface area contributed by atoms with E-state index in [1.807, 2.05) is 0 Å². The fraction of sp³-hybridized carbons (Fsp3) is 0.400. The number of hydrogen-bond acceptors (Lipinski definition) is 2. The summed E-state index contributed by atoms with van der Waals surface area (Å²) in [6, 6.07) is 0. The predicted molar refractivity (Wildman–Crippen MR) is 58.0 cm³/mol. The van der Waals surface area contributed by atoms with Crippen molar-refractivity contribution >= 4 is 11.6 Å². The summed E-state index contributed by atoms with van der Waals surface area (Å²) in [4.78, 5) is 16.8. The van der Waals surface area contributed by atoms with Crippen molar-refractivity contribution < 1.29 is 39.6 Å². The molecule has 0 aliphatic heterocycles. The molecule has 0 rings (SSSR count). The number of allylic oxidation sites excluding steroid dienone is 4. The number of aliphatic hydroxyl groups is 2. The van der Waals surface area contributed by atoms with Crippen LogP contribution in [0.3, 0.4) is 0 Å². The maximum atomic E-state index is 8.40. The second-order valence-corrected chi connectivity index (χ2v) is 2.85. The predicted octanol–water partition coefficient (Wildman–Crippen LogP) is 2.02. The number of hydrogen-bond donors (Lipinski definition) is 2. The molecule has 0 saturated heterocycles. The Labute approximate surface area is 103 Å². The molecule has 0 aromatic rings. The minimum Gasteiger partial charge on any atom is -0.512 e. The molecule has 0 bridgehead atoms. The van der Waals surface area contributed by atoms with Crippen LogP contribution in [0.15, 0.2) is 23.7 Å². The van der Waals surface area contributed by atoms with Crippen LogP contribution in [-0.2, 0) is 19.8 Å². The van der Waals surface area contributed by atoms with Crippen LogP contribution in [0.2, 0.25) is 0 Å². The van der Waals surface area contributed by atoms with Gasteiger partial charge in [0.25, 0.3) is 0 Å². The van der Waals surface area contributed by atoms with Gasteiger partial charge in [-0.2, -0.15) is 0 Å². The van der Waals surface area contributed by atoms with Gasteiger partial charge in [0.15, 0.2) is 0 Å². The molecule has 0 aliphatic rings. The fourth-order valence-electron chi connectivity index (χ4n) is 0.605. The van der Waals surface area contributed by atoms with Gasteiger partial charge in [-0.15, -0.1) is 0 Å². The fourth-order valence-corrected chi connectivity index (χ4v) is 0.605. The molecule has 15 heavy (non-hydrogen) atoms. The second kappa shape index (κ2) is 11.1. The SMILES string of the molecule is CC(=[OH+])/C=C(/C)O.CC(=[OH+])/C=C(/C)O.[Os]. The molecular weight excluding hydrogens is 374 g/mol. The summed E-state index contributed by atoms with van der Waals surface area (Å²) in [7, 11) is 0. The summed E-state index contributed by atoms with van der Waals surface area (Å²) in [6.45, 7) is 6.00. The first-order valence-electron chi connectivity index (χ1n) is 4.05. The first kappa shape index (κ1) is 19.6. The number of ketones is 2. The topological polar surface area (TPSA) is 83.3 Å². The molecule has 0 spiro atoms. The Bertz CT molecular complexity index is 231. The molecule has 0 aromatic carbocycles. The molecule has 0 radical (unpaired) electrons. The molecule has 0 fully saturated rings. The summed E-state index contributed by atoms with van der Waals surface area (Å²) in [6.07, 6.45) is 2.56. The van der Waals surface area contributed by atoms with E-state index >= 15 is 0 Å². The monoisotopic (exact) mass is 394 g/mol. The van der Waals surface area contributed by atoms with Gasteiger partial charge >= 0.3 is 11.6 Å². The van der Waals surface area contributed by atoms with Gasteiger partial charge in [-0.1, -0.05) is 0 Å². The van der Waals surface area contributed by atoms with Crippen molar-refractivity contribution in [2.45, 2.75) is 27.7 Å². The Kier molecular flexibility index (Phi) is 14.5. The van der Waals surface area contributed by atoms with Crippen LogP contribution in [0.1, 0.15) is 27.7 Å². The van der Waals surface area contributed by atoms with E-state index in [-0.39, 0.29) is 42.9 Å². The maximum absolute atomic E-state index is 8.40. The molecule has 4 N–H and O–H groups in total. The third kappa shape index (κ3) is 32.1. The Balaban J connectivity index is -0.000000180. The average molecular weight is 392 g/mol. The van der Waals surface area contributed by atoms with Gasteiger partial charge in [0.2, 0.25) is 0 Å². The molecule has 4 nitrogen and oxygen atoms in total. The van der Waals surface area contributed by atoms with Crippen LogP contribution in [0, 0.1) is 0 Å². The van der Waals surface area contributed by atoms with Crippen LogP contribution in [0.4, 0.5) is 0 Å². The van der Waals surface area contributed by atoms with Crippen molar-refractivity contribution in [3.63, 3.8) is 0 Å². The van der Waals surface area contributed by atoms with E-state index in [9.17, 15) is 0 Å². The van der Waals surface area contributed by atoms with Gasteiger partial charge in [-0.25, -0.2) is 0 Å². The zero-order chi connectivity index (χ0) is 11.7. The van der Waals surface area contributed by atoms with Gasteiger partial charge in [0, 0.05) is 19.8 Å². The van der Waals surface area contributed by atoms with Crippen LogP contribution in [-0.4, -0.2) is 31.4 Å². The number of aliphatic hydroxyl groups excluding tert-OH is 2. The normalized spacial score (nSPS) is 10.7. The van der Waals surface area contributed by atoms with Gasteiger partial charge in [0.1, 0.15) is 0 Å². The Morgan fingerprint density at radius 3 is 1.00 bits per heavy atom. The summed E-state index contributed by atoms with van der Waals surface area (Å²) in [5.41, 5.74) is 0. The van der Waals surface area contributed by atoms with Crippen molar-refractivity contribution in [1.82, 2.24) is 0 Å². The van der Waals surface area contributed by atoms with Gasteiger partial charge in [-0.3, -0.25) is 9.59 Å². The summed E-state index contributed by atoms with van der Waals surface area (Å²) < 4.78 is 0. The van der Waals surface area contributed by atoms with E-state index in [0.29, 0.717) is 0 Å². The van der Waals surface area contributed by atoms with Crippen molar-refractivity contribution in [3.05, 3.63) is 23.7 Å². The minimum absolute atomic E-state index is 0. The van der Waals surface area contributed by atoms with Crippen molar-refractivity contribution in [2.75, 3.05) is 0 Å². The zero-order valence-electron chi connectivity index (χ0n) is 9.30. The summed E-state index contributed by atoms with van der Waals surface area (Å²) in [5.74, 6) is 0.500.